The van der Waals surface area contributed by atoms with E-state index in [4.69, 9.17) is 18.7 Å². The molecule has 0 unspecified atom stereocenters. The fraction of sp³-hybridized carbons (Fsp3) is 0.200. The van der Waals surface area contributed by atoms with Gasteiger partial charge in [-0.1, -0.05) is 11.2 Å². The van der Waals surface area contributed by atoms with E-state index in [1.54, 1.807) is 24.3 Å². The maximum absolute atomic E-state index is 12.3. The molecule has 1 aromatic heterocycles. The lowest BCUT2D eigenvalue weighted by Crippen LogP contribution is -2.15. The van der Waals surface area contributed by atoms with Gasteiger partial charge in [0.05, 0.1) is 0 Å². The van der Waals surface area contributed by atoms with E-state index in [0.717, 1.165) is 16.7 Å². The lowest BCUT2D eigenvalue weighted by molar-refractivity contribution is 0.0724. The van der Waals surface area contributed by atoms with Gasteiger partial charge in [0.1, 0.15) is 19.0 Å². The molecule has 0 saturated heterocycles. The Morgan fingerprint density at radius 1 is 0.962 bits per heavy atom. The highest BCUT2D eigenvalue weighted by atomic mass is 16.6. The normalized spacial score (nSPS) is 12.7. The third kappa shape index (κ3) is 3.13. The molecule has 4 rings (SSSR count). The van der Waals surface area contributed by atoms with Gasteiger partial charge in [0.25, 0.3) is 0 Å². The molecular weight excluding hydrogens is 334 g/mol. The molecule has 0 amide bonds. The molecule has 6 nitrogen and oxygen atoms in total. The fourth-order valence-electron chi connectivity index (χ4n) is 2.64. The number of fused-ring (bicyclic) bond motifs is 1. The van der Waals surface area contributed by atoms with Crippen molar-refractivity contribution < 1.29 is 23.5 Å². The second-order valence-electron chi connectivity index (χ2n) is 6.07. The molecule has 26 heavy (non-hydrogen) atoms. The summed E-state index contributed by atoms with van der Waals surface area (Å²) in [5, 5.41) is 3.82. The maximum Gasteiger partial charge on any atom is 0.365 e. The topological polar surface area (TPSA) is 70.8 Å². The number of aromatic nitrogens is 1. The summed E-state index contributed by atoms with van der Waals surface area (Å²) in [6.45, 7) is 4.99. The predicted molar refractivity (Wildman–Crippen MR) is 93.8 cm³/mol. The number of hydrogen-bond acceptors (Lipinski definition) is 6. The van der Waals surface area contributed by atoms with Crippen molar-refractivity contribution in [2.24, 2.45) is 0 Å². The molecule has 0 atom stereocenters. The molecule has 132 valence electrons. The molecule has 0 bridgehead atoms. The summed E-state index contributed by atoms with van der Waals surface area (Å²) >= 11 is 0. The van der Waals surface area contributed by atoms with Crippen LogP contribution in [0.25, 0.3) is 11.3 Å². The van der Waals surface area contributed by atoms with Crippen LogP contribution in [0.5, 0.6) is 17.2 Å². The predicted octanol–water partition coefficient (Wildman–Crippen LogP) is 3.95. The minimum Gasteiger partial charge on any atom is -0.486 e. The molecular formula is C20H17NO5. The lowest BCUT2D eigenvalue weighted by Gasteiger charge is -2.18. The van der Waals surface area contributed by atoms with Gasteiger partial charge in [0.2, 0.25) is 0 Å². The van der Waals surface area contributed by atoms with Gasteiger partial charge < -0.3 is 18.7 Å². The minimum absolute atomic E-state index is 0.105. The van der Waals surface area contributed by atoms with Gasteiger partial charge in [0, 0.05) is 11.6 Å². The molecule has 0 fully saturated rings. The average Bonchev–Trinajstić information content (AvgIpc) is 3.15. The first-order valence-corrected chi connectivity index (χ1v) is 8.26. The first-order valence-electron chi connectivity index (χ1n) is 8.26. The van der Waals surface area contributed by atoms with Gasteiger partial charge in [0.15, 0.2) is 23.0 Å². The highest BCUT2D eigenvalue weighted by Gasteiger charge is 2.18. The molecule has 3 aromatic rings. The molecule has 0 saturated carbocycles. The standard InChI is InChI=1S/C20H17NO5/c1-12-3-5-15(9-13(12)2)25-20(22)16-11-18(26-21-16)14-4-6-17-19(10-14)24-8-7-23-17/h3-6,9-11H,7-8H2,1-2H3. The minimum atomic E-state index is -0.569. The van der Waals surface area contributed by atoms with Crippen LogP contribution in [0.3, 0.4) is 0 Å². The van der Waals surface area contributed by atoms with Crippen molar-refractivity contribution in [2.45, 2.75) is 13.8 Å². The van der Waals surface area contributed by atoms with Gasteiger partial charge in [-0.25, -0.2) is 4.79 Å². The molecule has 1 aliphatic heterocycles. The Kier molecular flexibility index (Phi) is 4.08. The Balaban J connectivity index is 1.53. The van der Waals surface area contributed by atoms with Crippen molar-refractivity contribution in [3.63, 3.8) is 0 Å². The number of aryl methyl sites for hydroxylation is 2. The lowest BCUT2D eigenvalue weighted by atomic mass is 10.1. The summed E-state index contributed by atoms with van der Waals surface area (Å²) in [7, 11) is 0. The van der Waals surface area contributed by atoms with Crippen molar-refractivity contribution in [2.75, 3.05) is 13.2 Å². The summed E-state index contributed by atoms with van der Waals surface area (Å²) in [5.41, 5.74) is 3.03. The van der Waals surface area contributed by atoms with Crippen LogP contribution >= 0.6 is 0 Å². The third-order valence-corrected chi connectivity index (χ3v) is 4.23. The number of benzene rings is 2. The molecule has 0 N–H and O–H groups in total. The number of carbonyl (C=O) groups excluding carboxylic acids is 1. The maximum atomic E-state index is 12.3. The first-order chi connectivity index (χ1) is 12.6. The van der Waals surface area contributed by atoms with Crippen LogP contribution in [-0.4, -0.2) is 24.3 Å². The summed E-state index contributed by atoms with van der Waals surface area (Å²) in [5.74, 6) is 1.69. The Bertz CT molecular complexity index is 976. The zero-order chi connectivity index (χ0) is 18.1. The number of carbonyl (C=O) groups is 1. The van der Waals surface area contributed by atoms with Gasteiger partial charge in [-0.2, -0.15) is 0 Å². The van der Waals surface area contributed by atoms with Gasteiger partial charge in [-0.05, 0) is 55.3 Å². The van der Waals surface area contributed by atoms with E-state index in [9.17, 15) is 4.79 Å². The number of esters is 1. The number of hydrogen-bond donors (Lipinski definition) is 0. The van der Waals surface area contributed by atoms with Crippen LogP contribution in [0.2, 0.25) is 0 Å². The molecule has 2 heterocycles. The Morgan fingerprint density at radius 3 is 2.58 bits per heavy atom. The zero-order valence-electron chi connectivity index (χ0n) is 14.4. The largest absolute Gasteiger partial charge is 0.486 e. The van der Waals surface area contributed by atoms with Crippen molar-refractivity contribution in [1.29, 1.82) is 0 Å². The second-order valence-corrected chi connectivity index (χ2v) is 6.07. The van der Waals surface area contributed by atoms with Crippen LogP contribution in [0, 0.1) is 13.8 Å². The summed E-state index contributed by atoms with van der Waals surface area (Å²) < 4.78 is 21.7. The van der Waals surface area contributed by atoms with Crippen LogP contribution in [0.15, 0.2) is 47.0 Å². The molecule has 0 radical (unpaired) electrons. The van der Waals surface area contributed by atoms with Crippen molar-refractivity contribution in [3.05, 3.63) is 59.3 Å². The van der Waals surface area contributed by atoms with Crippen molar-refractivity contribution in [3.8, 4) is 28.6 Å². The Hall–Kier alpha value is -3.28. The van der Waals surface area contributed by atoms with E-state index in [1.807, 2.05) is 32.0 Å². The monoisotopic (exact) mass is 351 g/mol. The van der Waals surface area contributed by atoms with E-state index < -0.39 is 5.97 Å². The Labute approximate surface area is 150 Å². The summed E-state index contributed by atoms with van der Waals surface area (Å²) in [6, 6.07) is 12.5. The first kappa shape index (κ1) is 16.2. The third-order valence-electron chi connectivity index (χ3n) is 4.23. The van der Waals surface area contributed by atoms with Crippen molar-refractivity contribution >= 4 is 5.97 Å². The molecule has 0 spiro atoms. The van der Waals surface area contributed by atoms with Gasteiger partial charge >= 0.3 is 5.97 Å². The fourth-order valence-corrected chi connectivity index (χ4v) is 2.64. The average molecular weight is 351 g/mol. The highest BCUT2D eigenvalue weighted by molar-refractivity contribution is 5.90. The molecule has 6 heteroatoms. The van der Waals surface area contributed by atoms with Gasteiger partial charge in [-0.3, -0.25) is 0 Å². The second kappa shape index (κ2) is 6.55. The van der Waals surface area contributed by atoms with Crippen LogP contribution in [0.1, 0.15) is 21.6 Å². The summed E-state index contributed by atoms with van der Waals surface area (Å²) in [6.07, 6.45) is 0. The SMILES string of the molecule is Cc1ccc(OC(=O)c2cc(-c3ccc4c(c3)OCCO4)on2)cc1C. The summed E-state index contributed by atoms with van der Waals surface area (Å²) in [4.78, 5) is 12.3. The molecule has 1 aliphatic rings. The Morgan fingerprint density at radius 2 is 1.77 bits per heavy atom. The van der Waals surface area contributed by atoms with E-state index in [1.165, 1.54) is 0 Å². The number of nitrogens with zero attached hydrogens (tertiary/aromatic N) is 1. The molecule has 2 aromatic carbocycles. The number of rotatable bonds is 3. The van der Waals surface area contributed by atoms with E-state index in [-0.39, 0.29) is 5.69 Å². The zero-order valence-corrected chi connectivity index (χ0v) is 14.4. The van der Waals surface area contributed by atoms with Gasteiger partial charge in [-0.15, -0.1) is 0 Å². The number of ether oxygens (including phenoxy) is 3. The van der Waals surface area contributed by atoms with E-state index >= 15 is 0 Å². The molecule has 0 aliphatic carbocycles. The smallest absolute Gasteiger partial charge is 0.365 e. The van der Waals surface area contributed by atoms with Crippen molar-refractivity contribution in [1.82, 2.24) is 5.16 Å². The van der Waals surface area contributed by atoms with Crippen LogP contribution in [0.4, 0.5) is 0 Å². The van der Waals surface area contributed by atoms with Crippen LogP contribution in [-0.2, 0) is 0 Å². The van der Waals surface area contributed by atoms with E-state index in [2.05, 4.69) is 5.16 Å². The quantitative estimate of drug-likeness (QED) is 0.526. The van der Waals surface area contributed by atoms with Crippen LogP contribution < -0.4 is 14.2 Å². The highest BCUT2D eigenvalue weighted by Crippen LogP contribution is 2.34. The van der Waals surface area contributed by atoms with E-state index in [0.29, 0.717) is 36.2 Å².